The number of allylic oxidation sites excluding steroid dienone is 4. The molecule has 0 N–H and O–H groups in total. The average molecular weight is 302 g/mol. The Balaban J connectivity index is 2.76. The number of carbonyl (C=O) groups excluding carboxylic acids is 2. The van der Waals surface area contributed by atoms with Crippen LogP contribution in [-0.4, -0.2) is 32.9 Å². The first-order valence-corrected chi connectivity index (χ1v) is 6.73. The van der Waals surface area contributed by atoms with E-state index in [0.29, 0.717) is 39.5 Å². The molecule has 2 rings (SSSR count). The molecule has 1 aliphatic carbocycles. The molecule has 0 unspecified atom stereocenters. The number of ketones is 2. The quantitative estimate of drug-likeness (QED) is 0.800. The monoisotopic (exact) mass is 302 g/mol. The van der Waals surface area contributed by atoms with Crippen molar-refractivity contribution >= 4 is 17.1 Å². The van der Waals surface area contributed by atoms with Crippen LogP contribution in [0, 0.1) is 0 Å². The molecule has 0 bridgehead atoms. The van der Waals surface area contributed by atoms with Crippen LogP contribution >= 0.6 is 0 Å². The Morgan fingerprint density at radius 3 is 1.86 bits per heavy atom. The molecule has 116 valence electrons. The van der Waals surface area contributed by atoms with E-state index >= 15 is 0 Å². The van der Waals surface area contributed by atoms with Gasteiger partial charge < -0.3 is 14.2 Å². The standard InChI is InChI=1S/C17H18O5/c1-9-6-12(18)15(10(2)17(9)19)16-13(21-4)7-11(20-3)8-14(16)22-5/h6-8H,1-5H3. The zero-order valence-corrected chi connectivity index (χ0v) is 13.3. The first kappa shape index (κ1) is 15.8. The summed E-state index contributed by atoms with van der Waals surface area (Å²) >= 11 is 0. The maximum Gasteiger partial charge on any atom is 0.187 e. The van der Waals surface area contributed by atoms with Gasteiger partial charge in [-0.25, -0.2) is 0 Å². The number of rotatable bonds is 4. The van der Waals surface area contributed by atoms with Crippen LogP contribution in [0.25, 0.3) is 5.57 Å². The number of hydrogen-bond donors (Lipinski definition) is 0. The lowest BCUT2D eigenvalue weighted by Gasteiger charge is -2.20. The van der Waals surface area contributed by atoms with E-state index < -0.39 is 0 Å². The maximum atomic E-state index is 12.4. The first-order chi connectivity index (χ1) is 10.4. The van der Waals surface area contributed by atoms with Crippen molar-refractivity contribution in [2.75, 3.05) is 21.3 Å². The topological polar surface area (TPSA) is 61.8 Å². The molecule has 0 saturated carbocycles. The van der Waals surface area contributed by atoms with Crippen molar-refractivity contribution < 1.29 is 23.8 Å². The molecule has 5 heteroatoms. The summed E-state index contributed by atoms with van der Waals surface area (Å²) in [7, 11) is 4.51. The van der Waals surface area contributed by atoms with E-state index in [1.165, 1.54) is 27.4 Å². The highest BCUT2D eigenvalue weighted by Gasteiger charge is 2.29. The SMILES string of the molecule is COc1cc(OC)c(C2=C(C)C(=O)C(C)=CC2=O)c(OC)c1. The predicted molar refractivity (Wildman–Crippen MR) is 82.5 cm³/mol. The Labute approximate surface area is 129 Å². The lowest BCUT2D eigenvalue weighted by molar-refractivity contribution is -0.114. The van der Waals surface area contributed by atoms with Crippen molar-refractivity contribution in [2.24, 2.45) is 0 Å². The highest BCUT2D eigenvalue weighted by atomic mass is 16.5. The third-order valence-corrected chi connectivity index (χ3v) is 3.63. The second kappa shape index (κ2) is 6.05. The fourth-order valence-electron chi connectivity index (χ4n) is 2.49. The third kappa shape index (κ3) is 2.50. The van der Waals surface area contributed by atoms with E-state index in [2.05, 4.69) is 0 Å². The number of hydrogen-bond acceptors (Lipinski definition) is 5. The Morgan fingerprint density at radius 1 is 0.864 bits per heavy atom. The van der Waals surface area contributed by atoms with Crippen LogP contribution in [0.15, 0.2) is 29.4 Å². The normalized spacial score (nSPS) is 14.9. The molecule has 1 aliphatic rings. The van der Waals surface area contributed by atoms with Crippen molar-refractivity contribution in [1.29, 1.82) is 0 Å². The van der Waals surface area contributed by atoms with Crippen LogP contribution in [0.5, 0.6) is 17.2 Å². The fourth-order valence-corrected chi connectivity index (χ4v) is 2.49. The molecule has 1 aromatic rings. The van der Waals surface area contributed by atoms with Crippen LogP contribution in [0.2, 0.25) is 0 Å². The first-order valence-electron chi connectivity index (χ1n) is 6.73. The number of ether oxygens (including phenoxy) is 3. The van der Waals surface area contributed by atoms with Crippen molar-refractivity contribution in [3.8, 4) is 17.2 Å². The average Bonchev–Trinajstić information content (AvgIpc) is 2.52. The summed E-state index contributed by atoms with van der Waals surface area (Å²) in [4.78, 5) is 24.6. The van der Waals surface area contributed by atoms with Gasteiger partial charge in [0.05, 0.1) is 26.9 Å². The van der Waals surface area contributed by atoms with Crippen molar-refractivity contribution in [3.05, 3.63) is 34.9 Å². The predicted octanol–water partition coefficient (Wildman–Crippen LogP) is 2.58. The summed E-state index contributed by atoms with van der Waals surface area (Å²) in [6.07, 6.45) is 1.34. The smallest absolute Gasteiger partial charge is 0.187 e. The molecule has 0 fully saturated rings. The van der Waals surface area contributed by atoms with Crippen LogP contribution in [0.1, 0.15) is 19.4 Å². The Morgan fingerprint density at radius 2 is 1.41 bits per heavy atom. The summed E-state index contributed by atoms with van der Waals surface area (Å²) in [6.45, 7) is 3.26. The van der Waals surface area contributed by atoms with E-state index in [1.54, 1.807) is 26.0 Å². The summed E-state index contributed by atoms with van der Waals surface area (Å²) in [5, 5.41) is 0. The molecular weight excluding hydrogens is 284 g/mol. The Hall–Kier alpha value is -2.56. The van der Waals surface area contributed by atoms with Crippen molar-refractivity contribution in [2.45, 2.75) is 13.8 Å². The van der Waals surface area contributed by atoms with E-state index in [4.69, 9.17) is 14.2 Å². The third-order valence-electron chi connectivity index (χ3n) is 3.63. The Bertz CT molecular complexity index is 685. The largest absolute Gasteiger partial charge is 0.496 e. The second-order valence-corrected chi connectivity index (χ2v) is 4.93. The minimum absolute atomic E-state index is 0.158. The van der Waals surface area contributed by atoms with Gasteiger partial charge in [-0.1, -0.05) is 0 Å². The molecule has 0 radical (unpaired) electrons. The van der Waals surface area contributed by atoms with Gasteiger partial charge in [-0.05, 0) is 19.9 Å². The van der Waals surface area contributed by atoms with Gasteiger partial charge in [-0.15, -0.1) is 0 Å². The zero-order chi connectivity index (χ0) is 16.4. The molecule has 0 atom stereocenters. The van der Waals surface area contributed by atoms with Crippen molar-refractivity contribution in [3.63, 3.8) is 0 Å². The van der Waals surface area contributed by atoms with Gasteiger partial charge in [0.1, 0.15) is 17.2 Å². The fraction of sp³-hybridized carbons (Fsp3) is 0.294. The molecule has 0 saturated heterocycles. The summed E-state index contributed by atoms with van der Waals surface area (Å²) in [5.41, 5.74) is 1.57. The molecule has 0 aromatic heterocycles. The van der Waals surface area contributed by atoms with E-state index in [0.717, 1.165) is 0 Å². The minimum atomic E-state index is -0.239. The number of carbonyl (C=O) groups is 2. The van der Waals surface area contributed by atoms with Gasteiger partial charge in [0, 0.05) is 28.9 Å². The summed E-state index contributed by atoms with van der Waals surface area (Å²) in [5.74, 6) is 0.974. The highest BCUT2D eigenvalue weighted by molar-refractivity contribution is 6.37. The number of Topliss-reactive ketones (excluding diaryl/α,β-unsaturated/α-hetero) is 1. The molecule has 0 heterocycles. The van der Waals surface area contributed by atoms with Gasteiger partial charge >= 0.3 is 0 Å². The molecule has 5 nitrogen and oxygen atoms in total. The maximum absolute atomic E-state index is 12.4. The van der Waals surface area contributed by atoms with E-state index in [-0.39, 0.29) is 11.6 Å². The lowest BCUT2D eigenvalue weighted by atomic mass is 9.86. The van der Waals surface area contributed by atoms with Crippen LogP contribution in [0.3, 0.4) is 0 Å². The van der Waals surface area contributed by atoms with Gasteiger partial charge in [-0.2, -0.15) is 0 Å². The van der Waals surface area contributed by atoms with E-state index in [1.807, 2.05) is 0 Å². The molecule has 22 heavy (non-hydrogen) atoms. The van der Waals surface area contributed by atoms with E-state index in [9.17, 15) is 9.59 Å². The lowest BCUT2D eigenvalue weighted by Crippen LogP contribution is -2.16. The van der Waals surface area contributed by atoms with Crippen LogP contribution in [0.4, 0.5) is 0 Å². The Kier molecular flexibility index (Phi) is 4.35. The van der Waals surface area contributed by atoms with Crippen molar-refractivity contribution in [1.82, 2.24) is 0 Å². The summed E-state index contributed by atoms with van der Waals surface area (Å²) in [6, 6.07) is 3.31. The van der Waals surface area contributed by atoms with Gasteiger partial charge in [-0.3, -0.25) is 9.59 Å². The van der Waals surface area contributed by atoms with Gasteiger partial charge in [0.15, 0.2) is 11.6 Å². The summed E-state index contributed by atoms with van der Waals surface area (Å²) < 4.78 is 15.9. The van der Waals surface area contributed by atoms with Crippen LogP contribution < -0.4 is 14.2 Å². The molecule has 0 aliphatic heterocycles. The second-order valence-electron chi connectivity index (χ2n) is 4.93. The number of methoxy groups -OCH3 is 3. The molecular formula is C17H18O5. The molecule has 1 aromatic carbocycles. The van der Waals surface area contributed by atoms with Crippen LogP contribution in [-0.2, 0) is 9.59 Å². The zero-order valence-electron chi connectivity index (χ0n) is 13.3. The highest BCUT2D eigenvalue weighted by Crippen LogP contribution is 2.41. The minimum Gasteiger partial charge on any atom is -0.496 e. The van der Waals surface area contributed by atoms with Gasteiger partial charge in [0.2, 0.25) is 0 Å². The molecule has 0 amide bonds. The number of benzene rings is 1. The van der Waals surface area contributed by atoms with Gasteiger partial charge in [0.25, 0.3) is 0 Å². The molecule has 0 spiro atoms.